The van der Waals surface area contributed by atoms with Crippen molar-refractivity contribution in [2.45, 2.75) is 29.4 Å². The smallest absolute Gasteiger partial charge is 0.269 e. The maximum Gasteiger partial charge on any atom is 0.442 e. The van der Waals surface area contributed by atoms with Crippen LogP contribution in [-0.4, -0.2) is 12.7 Å². The van der Waals surface area contributed by atoms with Crippen LogP contribution in [0.15, 0.2) is 0 Å². The van der Waals surface area contributed by atoms with Gasteiger partial charge in [0.15, 0.2) is 0 Å². The van der Waals surface area contributed by atoms with Gasteiger partial charge in [0.2, 0.25) is 0 Å². The van der Waals surface area contributed by atoms with E-state index < -0.39 is 13.8 Å². The van der Waals surface area contributed by atoms with Gasteiger partial charge in [-0.3, -0.25) is 8.22 Å². The maximum absolute atomic E-state index is 12.9. The minimum atomic E-state index is -4.34. The Bertz CT molecular complexity index is 184. The summed E-state index contributed by atoms with van der Waals surface area (Å²) in [5, 5.41) is 7.17. The lowest BCUT2D eigenvalue weighted by Crippen LogP contribution is -2.39. The third-order valence-electron chi connectivity index (χ3n) is 1.94. The van der Waals surface area contributed by atoms with Crippen molar-refractivity contribution in [1.82, 2.24) is 0 Å². The number of halogens is 3. The quantitative estimate of drug-likeness (QED) is 0.332. The molecule has 0 aliphatic heterocycles. The van der Waals surface area contributed by atoms with Gasteiger partial charge in [0.25, 0.3) is 0 Å². The van der Waals surface area contributed by atoms with Gasteiger partial charge in [-0.15, -0.1) is 0 Å². The summed E-state index contributed by atoms with van der Waals surface area (Å²) < 4.78 is 25.6. The highest BCUT2D eigenvalue weighted by Crippen LogP contribution is 2.45. The number of nitrogens with zero attached hydrogens (tertiary/aromatic N) is 1. The van der Waals surface area contributed by atoms with Crippen molar-refractivity contribution >= 4 is 31.3 Å². The van der Waals surface area contributed by atoms with E-state index in [1.54, 1.807) is 13.0 Å². The summed E-state index contributed by atoms with van der Waals surface area (Å²) in [6.45, 7) is 3.91. The monoisotopic (exact) mass is 289 g/mol. The minimum Gasteiger partial charge on any atom is -0.269 e. The number of hydrogen-bond acceptors (Lipinski definition) is 1. The minimum absolute atomic E-state index is 0.309. The molecule has 0 radical (unpaired) electrons. The van der Waals surface area contributed by atoms with Crippen LogP contribution in [0.25, 0.3) is 0 Å². The summed E-state index contributed by atoms with van der Waals surface area (Å²) in [5.74, 6) is 0. The van der Waals surface area contributed by atoms with E-state index in [0.717, 1.165) is 6.55 Å². The zero-order valence-electron chi connectivity index (χ0n) is 6.66. The molecule has 0 amide bonds. The lowest BCUT2D eigenvalue weighted by molar-refractivity contribution is 0.522. The summed E-state index contributed by atoms with van der Waals surface area (Å²) >= 11 is 1.88. The van der Waals surface area contributed by atoms with Crippen molar-refractivity contribution in [3.05, 3.63) is 0 Å². The van der Waals surface area contributed by atoms with Crippen molar-refractivity contribution in [1.29, 1.82) is 5.26 Å². The normalized spacial score (nSPS) is 20.1. The van der Waals surface area contributed by atoms with E-state index in [1.807, 2.05) is 22.6 Å². The van der Waals surface area contributed by atoms with E-state index in [9.17, 15) is 8.22 Å². The van der Waals surface area contributed by atoms with E-state index in [-0.39, 0.29) is 3.92 Å². The van der Waals surface area contributed by atoms with E-state index in [0.29, 0.717) is 0 Å². The summed E-state index contributed by atoms with van der Waals surface area (Å²) in [7, 11) is -4.34. The van der Waals surface area contributed by atoms with Gasteiger partial charge < -0.3 is 0 Å². The molecule has 11 heavy (non-hydrogen) atoms. The molecule has 0 heterocycles. The molecule has 64 valence electrons. The third kappa shape index (κ3) is 2.12. The van der Waals surface area contributed by atoms with Crippen LogP contribution in [0, 0.1) is 11.3 Å². The summed E-state index contributed by atoms with van der Waals surface area (Å²) in [6, 6.07) is 1.72. The predicted molar refractivity (Wildman–Crippen MR) is 51.3 cm³/mol. The maximum atomic E-state index is 12.9. The lowest BCUT2D eigenvalue weighted by Gasteiger charge is -2.28. The van der Waals surface area contributed by atoms with Crippen molar-refractivity contribution in [2.75, 3.05) is 0 Å². The Morgan fingerprint density at radius 1 is 1.64 bits per heavy atom. The van der Waals surface area contributed by atoms with Gasteiger partial charge in [-0.2, -0.15) is 5.26 Å². The van der Waals surface area contributed by atoms with E-state index in [2.05, 4.69) is 0 Å². The fourth-order valence-corrected chi connectivity index (χ4v) is 3.21. The van der Waals surface area contributed by atoms with Crippen molar-refractivity contribution in [2.24, 2.45) is 0 Å². The van der Waals surface area contributed by atoms with Gasteiger partial charge in [0, 0.05) is 3.92 Å². The van der Waals surface area contributed by atoms with Crippen LogP contribution in [0.5, 0.6) is 0 Å². The van der Waals surface area contributed by atoms with Gasteiger partial charge in [-0.05, 0) is 13.5 Å². The molecule has 0 saturated carbocycles. The molecule has 0 aromatic rings. The molecule has 2 atom stereocenters. The molecule has 0 spiro atoms. The fourth-order valence-electron chi connectivity index (χ4n) is 0.536. The van der Waals surface area contributed by atoms with Crippen LogP contribution in [0.3, 0.4) is 0 Å². The zero-order valence-corrected chi connectivity index (χ0v) is 9.82. The Morgan fingerprint density at radius 3 is 2.00 bits per heavy atom. The molecular weight excluding hydrogens is 279 g/mol. The number of nitriles is 1. The first-order chi connectivity index (χ1) is 4.75. The van der Waals surface area contributed by atoms with Gasteiger partial charge in [0.05, 0.1) is 6.07 Å². The molecule has 1 nitrogen and oxygen atoms in total. The third-order valence-corrected chi connectivity index (χ3v) is 6.14. The highest BCUT2D eigenvalue weighted by molar-refractivity contribution is 14.1. The Morgan fingerprint density at radius 2 is 2.00 bits per heavy atom. The topological polar surface area (TPSA) is 23.8 Å². The van der Waals surface area contributed by atoms with Crippen LogP contribution in [0.2, 0.25) is 11.6 Å². The average molecular weight is 289 g/mol. The van der Waals surface area contributed by atoms with Crippen LogP contribution in [0.1, 0.15) is 13.8 Å². The highest BCUT2D eigenvalue weighted by atomic mass is 127. The Kier molecular flexibility index (Phi) is 3.44. The van der Waals surface area contributed by atoms with Crippen LogP contribution >= 0.6 is 22.6 Å². The van der Waals surface area contributed by atoms with Gasteiger partial charge in [-0.25, -0.2) is 0 Å². The molecule has 0 N–H and O–H groups in total. The fraction of sp³-hybridized carbons (Fsp3) is 0.833. The van der Waals surface area contributed by atoms with E-state index in [1.165, 1.54) is 6.92 Å². The van der Waals surface area contributed by atoms with Crippen LogP contribution in [-0.2, 0) is 0 Å². The second-order valence-corrected chi connectivity index (χ2v) is 7.50. The van der Waals surface area contributed by atoms with Gasteiger partial charge in [-0.1, -0.05) is 29.5 Å². The SMILES string of the molecule is CC(I)C(C)(C#N)[Si](C)(F)F. The molecule has 0 aliphatic rings. The second-order valence-electron chi connectivity index (χ2n) is 2.82. The van der Waals surface area contributed by atoms with E-state index in [4.69, 9.17) is 5.26 Å². The summed E-state index contributed by atoms with van der Waals surface area (Å²) in [4.78, 5) is 0. The van der Waals surface area contributed by atoms with Gasteiger partial charge >= 0.3 is 8.74 Å². The molecule has 0 aliphatic carbocycles. The molecule has 0 saturated heterocycles. The van der Waals surface area contributed by atoms with Crippen LogP contribution in [0.4, 0.5) is 8.22 Å². The highest BCUT2D eigenvalue weighted by Gasteiger charge is 2.54. The van der Waals surface area contributed by atoms with Crippen molar-refractivity contribution < 1.29 is 8.22 Å². The number of rotatable bonds is 2. The Balaban J connectivity index is 4.80. The Labute approximate surface area is 80.3 Å². The largest absolute Gasteiger partial charge is 0.442 e. The molecule has 0 rings (SSSR count). The number of alkyl halides is 1. The molecule has 0 aromatic carbocycles. The van der Waals surface area contributed by atoms with Crippen LogP contribution < -0.4 is 0 Å². The Hall–Kier alpha value is 0.297. The molecular formula is C6H10F2INSi. The lowest BCUT2D eigenvalue weighted by atomic mass is 10.1. The van der Waals surface area contributed by atoms with Crippen molar-refractivity contribution in [3.63, 3.8) is 0 Å². The molecule has 0 fully saturated rings. The standard InChI is InChI=1S/C6H10F2INSi/c1-5(9)6(2,4-10)11(3,7)8/h5H,1-3H3. The first kappa shape index (κ1) is 11.3. The molecule has 0 bridgehead atoms. The number of hydrogen-bond donors (Lipinski definition) is 0. The molecule has 5 heteroatoms. The molecule has 2 unspecified atom stereocenters. The first-order valence-corrected chi connectivity index (χ1v) is 6.69. The van der Waals surface area contributed by atoms with Gasteiger partial charge in [0.1, 0.15) is 5.04 Å². The summed E-state index contributed by atoms with van der Waals surface area (Å²) in [6.07, 6.45) is 0. The average Bonchev–Trinajstić information content (AvgIpc) is 1.83. The first-order valence-electron chi connectivity index (χ1n) is 3.19. The summed E-state index contributed by atoms with van der Waals surface area (Å²) in [5.41, 5.74) is 0. The van der Waals surface area contributed by atoms with Crippen molar-refractivity contribution in [3.8, 4) is 6.07 Å². The zero-order chi connectivity index (χ0) is 9.28. The molecule has 0 aromatic heterocycles. The second kappa shape index (κ2) is 3.35. The van der Waals surface area contributed by atoms with E-state index >= 15 is 0 Å². The predicted octanol–water partition coefficient (Wildman–Crippen LogP) is 3.10.